The van der Waals surface area contributed by atoms with Gasteiger partial charge in [-0.1, -0.05) is 12.1 Å². The van der Waals surface area contributed by atoms with Crippen molar-refractivity contribution in [3.05, 3.63) is 29.3 Å². The molecule has 1 aromatic rings. The number of methoxy groups -OCH3 is 1. The topological polar surface area (TPSA) is 63.6 Å². The van der Waals surface area contributed by atoms with Crippen LogP contribution in [0, 0.1) is 0 Å². The predicted octanol–water partition coefficient (Wildman–Crippen LogP) is 1.82. The van der Waals surface area contributed by atoms with E-state index in [0.29, 0.717) is 11.1 Å². The van der Waals surface area contributed by atoms with Crippen LogP contribution >= 0.6 is 11.8 Å². The lowest BCUT2D eigenvalue weighted by Gasteiger charge is -2.09. The Morgan fingerprint density at radius 2 is 2.12 bits per heavy atom. The lowest BCUT2D eigenvalue weighted by atomic mass is 10.0. The first-order chi connectivity index (χ1) is 7.60. The molecule has 0 saturated carbocycles. The Bertz CT molecular complexity index is 414. The standard InChI is InChI=1S/C11H12O4S/c1-15-11(14)10-7(6-9(12)13)4-3-5-8(10)16-2/h3-5H,6H2,1-2H3,(H,12,13). The van der Waals surface area contributed by atoms with Crippen LogP contribution in [0.25, 0.3) is 0 Å². The zero-order valence-electron chi connectivity index (χ0n) is 9.02. The molecule has 16 heavy (non-hydrogen) atoms. The third-order valence-electron chi connectivity index (χ3n) is 2.06. The average Bonchev–Trinajstić information content (AvgIpc) is 2.27. The van der Waals surface area contributed by atoms with E-state index in [-0.39, 0.29) is 6.42 Å². The number of carboxylic acids is 1. The van der Waals surface area contributed by atoms with Crippen LogP contribution in [0.15, 0.2) is 23.1 Å². The Hall–Kier alpha value is -1.49. The number of benzene rings is 1. The fraction of sp³-hybridized carbons (Fsp3) is 0.273. The number of hydrogen-bond donors (Lipinski definition) is 1. The second-order valence-corrected chi connectivity index (χ2v) is 3.90. The van der Waals surface area contributed by atoms with Gasteiger partial charge in [0.15, 0.2) is 0 Å². The Labute approximate surface area is 97.6 Å². The van der Waals surface area contributed by atoms with Gasteiger partial charge in [0.2, 0.25) is 0 Å². The van der Waals surface area contributed by atoms with E-state index in [1.165, 1.54) is 18.9 Å². The highest BCUT2D eigenvalue weighted by atomic mass is 32.2. The normalized spacial score (nSPS) is 9.88. The number of carbonyl (C=O) groups is 2. The fourth-order valence-electron chi connectivity index (χ4n) is 1.39. The molecule has 0 amide bonds. The zero-order chi connectivity index (χ0) is 12.1. The monoisotopic (exact) mass is 240 g/mol. The van der Waals surface area contributed by atoms with Gasteiger partial charge < -0.3 is 9.84 Å². The van der Waals surface area contributed by atoms with Crippen molar-refractivity contribution in [1.82, 2.24) is 0 Å². The summed E-state index contributed by atoms with van der Waals surface area (Å²) in [4.78, 5) is 23.0. The van der Waals surface area contributed by atoms with E-state index >= 15 is 0 Å². The molecule has 0 heterocycles. The fourth-order valence-corrected chi connectivity index (χ4v) is 2.02. The molecule has 0 saturated heterocycles. The van der Waals surface area contributed by atoms with Gasteiger partial charge in [0.1, 0.15) is 0 Å². The van der Waals surface area contributed by atoms with Crippen LogP contribution < -0.4 is 0 Å². The van der Waals surface area contributed by atoms with Crippen LogP contribution in [-0.2, 0) is 16.0 Å². The molecular weight excluding hydrogens is 228 g/mol. The molecule has 0 radical (unpaired) electrons. The summed E-state index contributed by atoms with van der Waals surface area (Å²) in [7, 11) is 1.28. The van der Waals surface area contributed by atoms with Crippen molar-refractivity contribution in [1.29, 1.82) is 0 Å². The SMILES string of the molecule is COC(=O)c1c(CC(=O)O)cccc1SC. The summed E-state index contributed by atoms with van der Waals surface area (Å²) >= 11 is 1.39. The lowest BCUT2D eigenvalue weighted by molar-refractivity contribution is -0.136. The van der Waals surface area contributed by atoms with E-state index in [9.17, 15) is 9.59 Å². The maximum Gasteiger partial charge on any atom is 0.339 e. The summed E-state index contributed by atoms with van der Waals surface area (Å²) in [5.41, 5.74) is 0.825. The Balaban J connectivity index is 3.25. The molecular formula is C11H12O4S. The minimum Gasteiger partial charge on any atom is -0.481 e. The highest BCUT2D eigenvalue weighted by molar-refractivity contribution is 7.98. The van der Waals surface area contributed by atoms with Crippen LogP contribution in [-0.4, -0.2) is 30.4 Å². The molecule has 0 atom stereocenters. The molecule has 0 bridgehead atoms. The number of esters is 1. The third-order valence-corrected chi connectivity index (χ3v) is 2.84. The molecule has 1 aromatic carbocycles. The summed E-state index contributed by atoms with van der Waals surface area (Å²) < 4.78 is 4.66. The highest BCUT2D eigenvalue weighted by Crippen LogP contribution is 2.24. The van der Waals surface area contributed by atoms with Gasteiger partial charge in [-0.3, -0.25) is 4.79 Å². The number of rotatable bonds is 4. The van der Waals surface area contributed by atoms with E-state index in [1.54, 1.807) is 18.2 Å². The van der Waals surface area contributed by atoms with Crippen molar-refractivity contribution in [2.24, 2.45) is 0 Å². The molecule has 1 N–H and O–H groups in total. The molecule has 0 unspecified atom stereocenters. The van der Waals surface area contributed by atoms with Crippen LogP contribution in [0.1, 0.15) is 15.9 Å². The minimum absolute atomic E-state index is 0.182. The average molecular weight is 240 g/mol. The van der Waals surface area contributed by atoms with Crippen molar-refractivity contribution >= 4 is 23.7 Å². The van der Waals surface area contributed by atoms with Gasteiger partial charge >= 0.3 is 11.9 Å². The minimum atomic E-state index is -0.969. The van der Waals surface area contributed by atoms with Gasteiger partial charge in [-0.05, 0) is 17.9 Å². The first kappa shape index (κ1) is 12.6. The molecule has 0 fully saturated rings. The molecule has 0 aliphatic heterocycles. The molecule has 0 aliphatic rings. The summed E-state index contributed by atoms with van der Waals surface area (Å²) in [5.74, 6) is -1.47. The summed E-state index contributed by atoms with van der Waals surface area (Å²) in [6, 6.07) is 5.12. The van der Waals surface area contributed by atoms with Crippen molar-refractivity contribution in [2.75, 3.05) is 13.4 Å². The van der Waals surface area contributed by atoms with Crippen molar-refractivity contribution in [3.63, 3.8) is 0 Å². The van der Waals surface area contributed by atoms with Crippen molar-refractivity contribution in [3.8, 4) is 0 Å². The Kier molecular flexibility index (Phi) is 4.37. The van der Waals surface area contributed by atoms with Crippen LogP contribution in [0.2, 0.25) is 0 Å². The quantitative estimate of drug-likeness (QED) is 0.642. The highest BCUT2D eigenvalue weighted by Gasteiger charge is 2.17. The first-order valence-corrected chi connectivity index (χ1v) is 5.78. The maximum atomic E-state index is 11.6. The Morgan fingerprint density at radius 1 is 1.44 bits per heavy atom. The van der Waals surface area contributed by atoms with Crippen molar-refractivity contribution in [2.45, 2.75) is 11.3 Å². The third kappa shape index (κ3) is 2.76. The van der Waals surface area contributed by atoms with E-state index < -0.39 is 11.9 Å². The van der Waals surface area contributed by atoms with Gasteiger partial charge in [-0.2, -0.15) is 0 Å². The molecule has 0 aromatic heterocycles. The number of thioether (sulfide) groups is 1. The van der Waals surface area contributed by atoms with Gasteiger partial charge in [0.25, 0.3) is 0 Å². The van der Waals surface area contributed by atoms with Gasteiger partial charge in [0, 0.05) is 4.90 Å². The van der Waals surface area contributed by atoms with E-state index in [4.69, 9.17) is 5.11 Å². The number of carboxylic acid groups (broad SMARTS) is 1. The number of carbonyl (C=O) groups excluding carboxylic acids is 1. The predicted molar refractivity (Wildman–Crippen MR) is 60.9 cm³/mol. The van der Waals surface area contributed by atoms with Crippen LogP contribution in [0.5, 0.6) is 0 Å². The summed E-state index contributed by atoms with van der Waals surface area (Å²) in [6.07, 6.45) is 1.64. The summed E-state index contributed by atoms with van der Waals surface area (Å²) in [6.45, 7) is 0. The Morgan fingerprint density at radius 3 is 2.62 bits per heavy atom. The molecule has 5 heteroatoms. The van der Waals surface area contributed by atoms with Crippen LogP contribution in [0.4, 0.5) is 0 Å². The lowest BCUT2D eigenvalue weighted by Crippen LogP contribution is -2.11. The van der Waals surface area contributed by atoms with E-state index in [1.807, 2.05) is 6.26 Å². The maximum absolute atomic E-state index is 11.6. The summed E-state index contributed by atoms with van der Waals surface area (Å²) in [5, 5.41) is 8.75. The zero-order valence-corrected chi connectivity index (χ0v) is 9.84. The number of aliphatic carboxylic acids is 1. The molecule has 0 aliphatic carbocycles. The largest absolute Gasteiger partial charge is 0.481 e. The molecule has 4 nitrogen and oxygen atoms in total. The molecule has 0 spiro atoms. The molecule has 86 valence electrons. The number of hydrogen-bond acceptors (Lipinski definition) is 4. The van der Waals surface area contributed by atoms with E-state index in [0.717, 1.165) is 4.90 Å². The van der Waals surface area contributed by atoms with Crippen molar-refractivity contribution < 1.29 is 19.4 Å². The van der Waals surface area contributed by atoms with Gasteiger partial charge in [0.05, 0.1) is 19.1 Å². The molecule has 1 rings (SSSR count). The van der Waals surface area contributed by atoms with Gasteiger partial charge in [-0.25, -0.2) is 4.79 Å². The number of ether oxygens (including phenoxy) is 1. The smallest absolute Gasteiger partial charge is 0.339 e. The van der Waals surface area contributed by atoms with E-state index in [2.05, 4.69) is 4.74 Å². The van der Waals surface area contributed by atoms with Gasteiger partial charge in [-0.15, -0.1) is 11.8 Å². The second kappa shape index (κ2) is 5.55. The second-order valence-electron chi connectivity index (χ2n) is 3.06. The first-order valence-electron chi connectivity index (χ1n) is 4.56. The van der Waals surface area contributed by atoms with Crippen LogP contribution in [0.3, 0.4) is 0 Å².